The summed E-state index contributed by atoms with van der Waals surface area (Å²) in [6.07, 6.45) is 3.43. The molecule has 1 aliphatic rings. The Morgan fingerprint density at radius 1 is 1.36 bits per heavy atom. The van der Waals surface area contributed by atoms with Gasteiger partial charge >= 0.3 is 8.80 Å². The van der Waals surface area contributed by atoms with E-state index in [1.54, 1.807) is 0 Å². The maximum absolute atomic E-state index is 9.98. The second kappa shape index (κ2) is 5.26. The van der Waals surface area contributed by atoms with Crippen molar-refractivity contribution in [1.29, 1.82) is 0 Å². The van der Waals surface area contributed by atoms with Gasteiger partial charge < -0.3 is 13.6 Å². The van der Waals surface area contributed by atoms with Crippen molar-refractivity contribution in [3.63, 3.8) is 0 Å². The molecule has 0 aromatic heterocycles. The fraction of sp³-hybridized carbons (Fsp3) is 1.00. The summed E-state index contributed by atoms with van der Waals surface area (Å²) in [4.78, 5) is 9.98. The van der Waals surface area contributed by atoms with Gasteiger partial charge in [-0.1, -0.05) is 27.2 Å². The molecule has 1 N–H and O–H groups in total. The normalized spacial score (nSPS) is 38.6. The molecule has 3 unspecified atom stereocenters. The van der Waals surface area contributed by atoms with Gasteiger partial charge in [-0.25, -0.2) is 0 Å². The highest BCUT2D eigenvalue weighted by atomic mass is 28.4. The lowest BCUT2D eigenvalue weighted by molar-refractivity contribution is -0.0450. The van der Waals surface area contributed by atoms with Crippen molar-refractivity contribution < 1.29 is 13.6 Å². The Hall–Kier alpha value is 0.0969. The van der Waals surface area contributed by atoms with Crippen LogP contribution >= 0.6 is 0 Å². The van der Waals surface area contributed by atoms with Crippen molar-refractivity contribution in [3.8, 4) is 0 Å². The topological polar surface area (TPSA) is 38.7 Å². The summed E-state index contributed by atoms with van der Waals surface area (Å²) in [5.41, 5.74) is 0. The van der Waals surface area contributed by atoms with Gasteiger partial charge in [0.1, 0.15) is 0 Å². The molecule has 1 fully saturated rings. The zero-order valence-corrected chi connectivity index (χ0v) is 10.5. The van der Waals surface area contributed by atoms with E-state index in [0.29, 0.717) is 18.6 Å². The van der Waals surface area contributed by atoms with Crippen molar-refractivity contribution in [3.05, 3.63) is 0 Å². The van der Waals surface area contributed by atoms with E-state index in [9.17, 15) is 4.80 Å². The highest BCUT2D eigenvalue weighted by Gasteiger charge is 2.44. The van der Waals surface area contributed by atoms with Crippen LogP contribution in [0.4, 0.5) is 0 Å². The van der Waals surface area contributed by atoms with Crippen LogP contribution in [0.5, 0.6) is 0 Å². The first kappa shape index (κ1) is 12.2. The van der Waals surface area contributed by atoms with Crippen molar-refractivity contribution >= 4 is 8.80 Å². The highest BCUT2D eigenvalue weighted by molar-refractivity contribution is 6.59. The second-order valence-electron chi connectivity index (χ2n) is 3.99. The molecule has 0 spiro atoms. The molecule has 3 nitrogen and oxygen atoms in total. The van der Waals surface area contributed by atoms with E-state index in [-0.39, 0.29) is 6.10 Å². The Bertz CT molecular complexity index is 177. The number of hydrogen-bond acceptors (Lipinski definition) is 3. The fourth-order valence-electron chi connectivity index (χ4n) is 1.86. The molecule has 0 bridgehead atoms. The number of hydrogen-bond donors (Lipinski definition) is 1. The Kier molecular flexibility index (Phi) is 4.57. The van der Waals surface area contributed by atoms with Crippen LogP contribution < -0.4 is 0 Å². The Morgan fingerprint density at radius 3 is 2.57 bits per heavy atom. The first-order valence-corrected chi connectivity index (χ1v) is 7.66. The van der Waals surface area contributed by atoms with Crippen molar-refractivity contribution in [2.45, 2.75) is 52.2 Å². The van der Waals surface area contributed by atoms with Crippen LogP contribution in [0, 0.1) is 5.92 Å². The molecule has 0 amide bonds. The van der Waals surface area contributed by atoms with Crippen molar-refractivity contribution in [2.75, 3.05) is 6.61 Å². The molecule has 0 aromatic rings. The summed E-state index contributed by atoms with van der Waals surface area (Å²) in [7, 11) is -2.77. The minimum atomic E-state index is -2.77. The van der Waals surface area contributed by atoms with E-state index in [4.69, 9.17) is 8.85 Å². The lowest BCUT2D eigenvalue weighted by atomic mass is 9.97. The smallest absolute Gasteiger partial charge is 0.390 e. The molecule has 0 saturated carbocycles. The monoisotopic (exact) mass is 218 g/mol. The van der Waals surface area contributed by atoms with Crippen LogP contribution in [0.25, 0.3) is 0 Å². The molecular weight excluding hydrogens is 196 g/mol. The molecule has 1 saturated heterocycles. The van der Waals surface area contributed by atoms with Crippen LogP contribution in [-0.2, 0) is 8.85 Å². The average molecular weight is 218 g/mol. The summed E-state index contributed by atoms with van der Waals surface area (Å²) < 4.78 is 11.2. The van der Waals surface area contributed by atoms with Crippen LogP contribution in [0.3, 0.4) is 0 Å². The van der Waals surface area contributed by atoms with E-state index in [0.717, 1.165) is 19.3 Å². The van der Waals surface area contributed by atoms with E-state index < -0.39 is 8.80 Å². The molecule has 0 radical (unpaired) electrons. The standard InChI is InChI=1S/C10H22O3Si/c1-4-7-10-9(5-2)8-12-14(11,6-3)13-10/h9-11H,4-8H2,1-3H3. The summed E-state index contributed by atoms with van der Waals surface area (Å²) in [6, 6.07) is 0.629. The summed E-state index contributed by atoms with van der Waals surface area (Å²) in [5, 5.41) is 0. The molecule has 4 heteroatoms. The van der Waals surface area contributed by atoms with E-state index >= 15 is 0 Å². The van der Waals surface area contributed by atoms with Crippen LogP contribution in [-0.4, -0.2) is 26.3 Å². The molecule has 1 aliphatic heterocycles. The van der Waals surface area contributed by atoms with Gasteiger partial charge in [0.2, 0.25) is 0 Å². The third-order valence-electron chi connectivity index (χ3n) is 2.93. The van der Waals surface area contributed by atoms with Gasteiger partial charge in [0.05, 0.1) is 6.10 Å². The maximum atomic E-state index is 9.98. The SMILES string of the molecule is CCCC1O[Si](O)(CC)OCC1CC. The van der Waals surface area contributed by atoms with Crippen LogP contribution in [0.1, 0.15) is 40.0 Å². The summed E-state index contributed by atoms with van der Waals surface area (Å²) >= 11 is 0. The lowest BCUT2D eigenvalue weighted by Crippen LogP contribution is -2.53. The zero-order chi connectivity index (χ0) is 10.6. The van der Waals surface area contributed by atoms with Gasteiger partial charge in [-0.05, 0) is 12.8 Å². The first-order valence-electron chi connectivity index (χ1n) is 5.69. The molecule has 14 heavy (non-hydrogen) atoms. The maximum Gasteiger partial charge on any atom is 0.498 e. The van der Waals surface area contributed by atoms with E-state index in [1.165, 1.54) is 0 Å². The fourth-order valence-corrected chi connectivity index (χ4v) is 3.55. The van der Waals surface area contributed by atoms with Crippen molar-refractivity contribution in [2.24, 2.45) is 5.92 Å². The Balaban J connectivity index is 2.56. The van der Waals surface area contributed by atoms with Gasteiger partial charge in [0.25, 0.3) is 0 Å². The van der Waals surface area contributed by atoms with Crippen molar-refractivity contribution in [1.82, 2.24) is 0 Å². The molecule has 84 valence electrons. The molecule has 0 aliphatic carbocycles. The predicted molar refractivity (Wildman–Crippen MR) is 58.0 cm³/mol. The van der Waals surface area contributed by atoms with Gasteiger partial charge in [-0.3, -0.25) is 0 Å². The minimum absolute atomic E-state index is 0.218. The zero-order valence-electron chi connectivity index (χ0n) is 9.45. The minimum Gasteiger partial charge on any atom is -0.390 e. The third kappa shape index (κ3) is 2.79. The van der Waals surface area contributed by atoms with E-state index in [1.807, 2.05) is 6.92 Å². The van der Waals surface area contributed by atoms with Gasteiger partial charge in [-0.15, -0.1) is 0 Å². The molecule has 1 rings (SSSR count). The lowest BCUT2D eigenvalue weighted by Gasteiger charge is -2.39. The van der Waals surface area contributed by atoms with Gasteiger partial charge in [-0.2, -0.15) is 0 Å². The summed E-state index contributed by atoms with van der Waals surface area (Å²) in [6.45, 7) is 6.91. The number of rotatable bonds is 4. The van der Waals surface area contributed by atoms with Gasteiger partial charge in [0, 0.05) is 18.6 Å². The van der Waals surface area contributed by atoms with Crippen LogP contribution in [0.2, 0.25) is 6.04 Å². The summed E-state index contributed by atoms with van der Waals surface area (Å²) in [5.74, 6) is 0.467. The highest BCUT2D eigenvalue weighted by Crippen LogP contribution is 2.28. The average Bonchev–Trinajstić information content (AvgIpc) is 2.19. The largest absolute Gasteiger partial charge is 0.498 e. The quantitative estimate of drug-likeness (QED) is 0.735. The van der Waals surface area contributed by atoms with Crippen LogP contribution in [0.15, 0.2) is 0 Å². The van der Waals surface area contributed by atoms with Gasteiger partial charge in [0.15, 0.2) is 0 Å². The second-order valence-corrected chi connectivity index (χ2v) is 6.65. The predicted octanol–water partition coefficient (Wildman–Crippen LogP) is 2.18. The molecule has 1 heterocycles. The van der Waals surface area contributed by atoms with E-state index in [2.05, 4.69) is 13.8 Å². The third-order valence-corrected chi connectivity index (χ3v) is 5.11. The Labute approximate surface area is 87.8 Å². The molecule has 3 atom stereocenters. The molecule has 0 aromatic carbocycles. The molecular formula is C10H22O3Si. The first-order chi connectivity index (χ1) is 6.65. The Morgan fingerprint density at radius 2 is 2.07 bits per heavy atom.